The molecule has 4 nitrogen and oxygen atoms in total. The van der Waals surface area contributed by atoms with E-state index in [-0.39, 0.29) is 23.5 Å². The maximum Gasteiger partial charge on any atom is 0.433 e. The predicted octanol–water partition coefficient (Wildman–Crippen LogP) is 2.33. The predicted molar refractivity (Wildman–Crippen MR) is 79.3 cm³/mol. The lowest BCUT2D eigenvalue weighted by molar-refractivity contribution is -0.141. The van der Waals surface area contributed by atoms with Gasteiger partial charge in [-0.2, -0.15) is 13.2 Å². The van der Waals surface area contributed by atoms with Crippen LogP contribution in [-0.4, -0.2) is 34.3 Å². The Morgan fingerprint density at radius 2 is 2.05 bits per heavy atom. The fraction of sp³-hybridized carbons (Fsp3) is 0.538. The van der Waals surface area contributed by atoms with Gasteiger partial charge in [0.05, 0.1) is 5.56 Å². The molecule has 0 aliphatic heterocycles. The average Bonchev–Trinajstić information content (AvgIpc) is 2.37. The smallest absolute Gasteiger partial charge is 0.396 e. The third kappa shape index (κ3) is 4.53. The molecule has 0 saturated heterocycles. The van der Waals surface area contributed by atoms with Gasteiger partial charge in [-0.25, -0.2) is 4.98 Å². The van der Waals surface area contributed by atoms with Crippen molar-refractivity contribution >= 4 is 23.0 Å². The standard InChI is InChI=1S/C13H18F3N3OS/c1-8(2)19(6-3-7-20)12-9(11(17)21)4-5-10(18-12)13(14,15)16/h4-5,8,20H,3,6-7H2,1-2H3,(H2,17,21). The SMILES string of the molecule is CC(C)N(CCCO)c1nc(C(F)(F)F)ccc1C(N)=S. The first-order valence-electron chi connectivity index (χ1n) is 6.44. The molecule has 0 radical (unpaired) electrons. The molecule has 1 rings (SSSR count). The molecule has 1 heterocycles. The number of aromatic nitrogens is 1. The molecule has 118 valence electrons. The Kier molecular flexibility index (Phi) is 5.91. The van der Waals surface area contributed by atoms with Crippen molar-refractivity contribution in [1.82, 2.24) is 4.98 Å². The van der Waals surface area contributed by atoms with Gasteiger partial charge in [-0.3, -0.25) is 0 Å². The molecule has 0 aliphatic rings. The molecule has 0 spiro atoms. The lowest BCUT2D eigenvalue weighted by Crippen LogP contribution is -2.35. The zero-order valence-corrected chi connectivity index (χ0v) is 12.6. The summed E-state index contributed by atoms with van der Waals surface area (Å²) in [6.45, 7) is 3.94. The van der Waals surface area contributed by atoms with Crippen LogP contribution in [-0.2, 0) is 6.18 Å². The highest BCUT2D eigenvalue weighted by Gasteiger charge is 2.34. The lowest BCUT2D eigenvalue weighted by atomic mass is 10.1. The summed E-state index contributed by atoms with van der Waals surface area (Å²) in [5.41, 5.74) is 4.88. The van der Waals surface area contributed by atoms with E-state index in [2.05, 4.69) is 4.98 Å². The zero-order valence-electron chi connectivity index (χ0n) is 11.8. The van der Waals surface area contributed by atoms with Crippen LogP contribution in [0.1, 0.15) is 31.5 Å². The molecule has 0 fully saturated rings. The summed E-state index contributed by atoms with van der Waals surface area (Å²) in [6, 6.07) is 1.99. The van der Waals surface area contributed by atoms with E-state index >= 15 is 0 Å². The van der Waals surface area contributed by atoms with Crippen molar-refractivity contribution in [2.45, 2.75) is 32.5 Å². The van der Waals surface area contributed by atoms with Crippen molar-refractivity contribution in [3.63, 3.8) is 0 Å². The maximum absolute atomic E-state index is 12.8. The van der Waals surface area contributed by atoms with E-state index in [1.54, 1.807) is 4.90 Å². The second-order valence-corrected chi connectivity index (χ2v) is 5.23. The Labute approximate surface area is 126 Å². The minimum atomic E-state index is -4.54. The fourth-order valence-electron chi connectivity index (χ4n) is 1.87. The van der Waals surface area contributed by atoms with Crippen LogP contribution in [0.5, 0.6) is 0 Å². The molecule has 0 aromatic carbocycles. The summed E-state index contributed by atoms with van der Waals surface area (Å²) in [5.74, 6) is 0.0979. The first-order valence-corrected chi connectivity index (χ1v) is 6.84. The van der Waals surface area contributed by atoms with Crippen LogP contribution in [0, 0.1) is 0 Å². The van der Waals surface area contributed by atoms with Crippen molar-refractivity contribution in [1.29, 1.82) is 0 Å². The third-order valence-corrected chi connectivity index (χ3v) is 3.10. The molecular formula is C13H18F3N3OS. The minimum absolute atomic E-state index is 0.0131. The van der Waals surface area contributed by atoms with Gasteiger partial charge in [0.15, 0.2) is 0 Å². The van der Waals surface area contributed by atoms with Crippen molar-refractivity contribution in [2.24, 2.45) is 5.73 Å². The van der Waals surface area contributed by atoms with E-state index in [9.17, 15) is 13.2 Å². The number of anilines is 1. The van der Waals surface area contributed by atoms with Crippen LogP contribution < -0.4 is 10.6 Å². The van der Waals surface area contributed by atoms with Crippen LogP contribution >= 0.6 is 12.2 Å². The van der Waals surface area contributed by atoms with Crippen LogP contribution in [0.2, 0.25) is 0 Å². The Balaban J connectivity index is 3.35. The molecule has 0 saturated carbocycles. The molecule has 0 unspecified atom stereocenters. The average molecular weight is 321 g/mol. The van der Waals surface area contributed by atoms with Gasteiger partial charge in [-0.15, -0.1) is 0 Å². The van der Waals surface area contributed by atoms with Crippen LogP contribution in [0.3, 0.4) is 0 Å². The van der Waals surface area contributed by atoms with Crippen LogP contribution in [0.15, 0.2) is 12.1 Å². The van der Waals surface area contributed by atoms with Gasteiger partial charge in [0, 0.05) is 19.2 Å². The van der Waals surface area contributed by atoms with Crippen molar-refractivity contribution in [3.05, 3.63) is 23.4 Å². The van der Waals surface area contributed by atoms with Gasteiger partial charge in [0.1, 0.15) is 16.5 Å². The number of hydrogen-bond donors (Lipinski definition) is 2. The molecule has 8 heteroatoms. The number of hydrogen-bond acceptors (Lipinski definition) is 4. The van der Waals surface area contributed by atoms with E-state index in [0.717, 1.165) is 6.07 Å². The van der Waals surface area contributed by atoms with Crippen molar-refractivity contribution in [3.8, 4) is 0 Å². The summed E-state index contributed by atoms with van der Waals surface area (Å²) in [6.07, 6.45) is -4.13. The second-order valence-electron chi connectivity index (χ2n) is 4.79. The number of pyridine rings is 1. The second kappa shape index (κ2) is 7.04. The minimum Gasteiger partial charge on any atom is -0.396 e. The van der Waals surface area contributed by atoms with Crippen molar-refractivity contribution < 1.29 is 18.3 Å². The molecule has 0 bridgehead atoms. The molecule has 0 atom stereocenters. The highest BCUT2D eigenvalue weighted by atomic mass is 32.1. The number of rotatable bonds is 6. The lowest BCUT2D eigenvalue weighted by Gasteiger charge is -2.30. The number of halogens is 3. The summed E-state index contributed by atoms with van der Waals surface area (Å²) in [4.78, 5) is 5.33. The normalized spacial score (nSPS) is 11.8. The van der Waals surface area contributed by atoms with Crippen molar-refractivity contribution in [2.75, 3.05) is 18.1 Å². The van der Waals surface area contributed by atoms with Gasteiger partial charge >= 0.3 is 6.18 Å². The quantitative estimate of drug-likeness (QED) is 0.788. The highest BCUT2D eigenvalue weighted by molar-refractivity contribution is 7.80. The number of nitrogens with two attached hydrogens (primary N) is 1. The molecule has 1 aromatic heterocycles. The van der Waals surface area contributed by atoms with E-state index in [4.69, 9.17) is 23.1 Å². The molecule has 0 amide bonds. The largest absolute Gasteiger partial charge is 0.433 e. The topological polar surface area (TPSA) is 62.4 Å². The summed E-state index contributed by atoms with van der Waals surface area (Å²) >= 11 is 4.89. The number of aliphatic hydroxyl groups is 1. The molecule has 0 aliphatic carbocycles. The van der Waals surface area contributed by atoms with Crippen LogP contribution in [0.4, 0.5) is 19.0 Å². The van der Waals surface area contributed by atoms with E-state index in [1.165, 1.54) is 6.07 Å². The molecular weight excluding hydrogens is 303 g/mol. The number of nitrogens with zero attached hydrogens (tertiary/aromatic N) is 2. The monoisotopic (exact) mass is 321 g/mol. The summed E-state index contributed by atoms with van der Waals surface area (Å²) < 4.78 is 38.5. The molecule has 1 aromatic rings. The maximum atomic E-state index is 12.8. The van der Waals surface area contributed by atoms with E-state index in [1.807, 2.05) is 13.8 Å². The zero-order chi connectivity index (χ0) is 16.2. The van der Waals surface area contributed by atoms with Gasteiger partial charge in [0.2, 0.25) is 0 Å². The summed E-state index contributed by atoms with van der Waals surface area (Å²) in [7, 11) is 0. The van der Waals surface area contributed by atoms with Crippen LogP contribution in [0.25, 0.3) is 0 Å². The number of alkyl halides is 3. The Bertz CT molecular complexity index is 506. The first-order chi connectivity index (χ1) is 9.68. The summed E-state index contributed by atoms with van der Waals surface area (Å²) in [5, 5.41) is 8.93. The van der Waals surface area contributed by atoms with E-state index in [0.29, 0.717) is 18.5 Å². The highest BCUT2D eigenvalue weighted by Crippen LogP contribution is 2.31. The Morgan fingerprint density at radius 3 is 2.48 bits per heavy atom. The number of aliphatic hydroxyl groups excluding tert-OH is 1. The third-order valence-electron chi connectivity index (χ3n) is 2.88. The molecule has 3 N–H and O–H groups in total. The van der Waals surface area contributed by atoms with Gasteiger partial charge in [0.25, 0.3) is 0 Å². The van der Waals surface area contributed by atoms with Gasteiger partial charge in [-0.1, -0.05) is 12.2 Å². The number of thiocarbonyl (C=S) groups is 1. The Morgan fingerprint density at radius 1 is 1.43 bits per heavy atom. The molecule has 21 heavy (non-hydrogen) atoms. The van der Waals surface area contributed by atoms with Gasteiger partial charge in [-0.05, 0) is 32.4 Å². The van der Waals surface area contributed by atoms with E-state index < -0.39 is 11.9 Å². The van der Waals surface area contributed by atoms with Gasteiger partial charge < -0.3 is 15.7 Å². The fourth-order valence-corrected chi connectivity index (χ4v) is 2.03. The first kappa shape index (κ1) is 17.6. The Hall–Kier alpha value is -1.41.